The number of aromatic nitrogens is 2. The van der Waals surface area contributed by atoms with Gasteiger partial charge in [-0.2, -0.15) is 11.8 Å². The summed E-state index contributed by atoms with van der Waals surface area (Å²) in [6, 6.07) is 1.82. The molecule has 0 spiro atoms. The number of hydrogen-bond acceptors (Lipinski definition) is 5. The van der Waals surface area contributed by atoms with Crippen LogP contribution in [0, 0.1) is 0 Å². The van der Waals surface area contributed by atoms with Crippen LogP contribution in [0.1, 0.15) is 33.5 Å². The van der Waals surface area contributed by atoms with Crippen molar-refractivity contribution < 1.29 is 5.11 Å². The first-order valence-electron chi connectivity index (χ1n) is 6.14. The van der Waals surface area contributed by atoms with E-state index in [2.05, 4.69) is 52.0 Å². The third-order valence-corrected chi connectivity index (χ3v) is 3.79. The number of halogens is 1. The quantitative estimate of drug-likeness (QED) is 0.801. The molecule has 4 nitrogen and oxygen atoms in total. The van der Waals surface area contributed by atoms with Gasteiger partial charge in [-0.1, -0.05) is 20.8 Å². The Bertz CT molecular complexity index is 432. The third-order valence-electron chi connectivity index (χ3n) is 2.47. The fourth-order valence-electron chi connectivity index (χ4n) is 1.49. The summed E-state index contributed by atoms with van der Waals surface area (Å²) in [5.41, 5.74) is -0.860. The molecule has 19 heavy (non-hydrogen) atoms. The van der Waals surface area contributed by atoms with Gasteiger partial charge in [-0.3, -0.25) is 0 Å². The minimum atomic E-state index is -0.751. The molecule has 1 heterocycles. The summed E-state index contributed by atoms with van der Waals surface area (Å²) < 4.78 is 0.749. The molecule has 0 saturated heterocycles. The maximum Gasteiger partial charge on any atom is 0.137 e. The second kappa shape index (κ2) is 6.41. The van der Waals surface area contributed by atoms with Crippen molar-refractivity contribution in [3.05, 3.63) is 16.5 Å². The average Bonchev–Trinajstić information content (AvgIpc) is 2.24. The molecule has 6 heteroatoms. The highest BCUT2D eigenvalue weighted by Crippen LogP contribution is 2.23. The van der Waals surface area contributed by atoms with Gasteiger partial charge in [0.05, 0.1) is 5.60 Å². The smallest absolute Gasteiger partial charge is 0.137 e. The third kappa shape index (κ3) is 5.67. The van der Waals surface area contributed by atoms with Gasteiger partial charge in [0.25, 0.3) is 0 Å². The van der Waals surface area contributed by atoms with E-state index < -0.39 is 5.60 Å². The normalized spacial score (nSPS) is 15.1. The zero-order valence-electron chi connectivity index (χ0n) is 12.1. The van der Waals surface area contributed by atoms with Gasteiger partial charge in [0.15, 0.2) is 0 Å². The molecule has 1 rings (SSSR count). The monoisotopic (exact) mass is 347 g/mol. The lowest BCUT2D eigenvalue weighted by atomic mass is 9.96. The molecular formula is C13H22BrN3OS. The van der Waals surface area contributed by atoms with Crippen molar-refractivity contribution >= 4 is 33.5 Å². The van der Waals surface area contributed by atoms with E-state index in [1.807, 2.05) is 19.2 Å². The van der Waals surface area contributed by atoms with Crippen LogP contribution in [-0.4, -0.2) is 39.2 Å². The highest BCUT2D eigenvalue weighted by Gasteiger charge is 2.21. The first-order chi connectivity index (χ1) is 8.64. The number of aliphatic hydroxyl groups is 1. The van der Waals surface area contributed by atoms with E-state index in [9.17, 15) is 5.11 Å². The predicted molar refractivity (Wildman–Crippen MR) is 85.9 cm³/mol. The number of anilines is 1. The van der Waals surface area contributed by atoms with Crippen molar-refractivity contribution in [2.24, 2.45) is 0 Å². The van der Waals surface area contributed by atoms with Crippen molar-refractivity contribution in [2.75, 3.05) is 23.9 Å². The topological polar surface area (TPSA) is 58.0 Å². The fraction of sp³-hybridized carbons (Fsp3) is 0.692. The van der Waals surface area contributed by atoms with Gasteiger partial charge in [-0.15, -0.1) is 0 Å². The van der Waals surface area contributed by atoms with Crippen LogP contribution in [0.2, 0.25) is 0 Å². The summed E-state index contributed by atoms with van der Waals surface area (Å²) in [6.07, 6.45) is 1.98. The Morgan fingerprint density at radius 3 is 2.47 bits per heavy atom. The van der Waals surface area contributed by atoms with Crippen molar-refractivity contribution in [3.63, 3.8) is 0 Å². The van der Waals surface area contributed by atoms with Crippen LogP contribution in [0.5, 0.6) is 0 Å². The molecule has 0 bridgehead atoms. The lowest BCUT2D eigenvalue weighted by Crippen LogP contribution is -2.36. The Labute approximate surface area is 127 Å². The van der Waals surface area contributed by atoms with Gasteiger partial charge in [-0.25, -0.2) is 9.97 Å². The second-order valence-electron chi connectivity index (χ2n) is 5.93. The molecular weight excluding hydrogens is 326 g/mol. The molecule has 0 fully saturated rings. The number of rotatable bonds is 5. The van der Waals surface area contributed by atoms with Crippen LogP contribution in [0.15, 0.2) is 10.7 Å². The molecule has 0 radical (unpaired) electrons. The molecule has 0 amide bonds. The summed E-state index contributed by atoms with van der Waals surface area (Å²) in [5.74, 6) is 2.18. The molecule has 1 unspecified atom stereocenters. The largest absolute Gasteiger partial charge is 0.387 e. The molecule has 0 aliphatic carbocycles. The Morgan fingerprint density at radius 1 is 1.32 bits per heavy atom. The zero-order chi connectivity index (χ0) is 14.7. The van der Waals surface area contributed by atoms with E-state index >= 15 is 0 Å². The van der Waals surface area contributed by atoms with Crippen molar-refractivity contribution in [1.82, 2.24) is 9.97 Å². The number of nitrogens with zero attached hydrogens (tertiary/aromatic N) is 2. The maximum atomic E-state index is 10.1. The highest BCUT2D eigenvalue weighted by molar-refractivity contribution is 9.10. The van der Waals surface area contributed by atoms with E-state index in [1.54, 1.807) is 11.8 Å². The summed E-state index contributed by atoms with van der Waals surface area (Å²) >= 11 is 5.02. The predicted octanol–water partition coefficient (Wildman–Crippen LogP) is 3.06. The molecule has 2 N–H and O–H groups in total. The Kier molecular flexibility index (Phi) is 5.65. The van der Waals surface area contributed by atoms with Crippen molar-refractivity contribution in [1.29, 1.82) is 0 Å². The maximum absolute atomic E-state index is 10.1. The molecule has 108 valence electrons. The van der Waals surface area contributed by atoms with Gasteiger partial charge in [-0.05, 0) is 29.1 Å². The standard InChI is InChI=1S/C13H22BrN3OS/c1-12(2,3)11-16-9(14)6-10(17-11)15-7-13(4,18)8-19-5/h6,18H,7-8H2,1-5H3,(H,15,16,17). The van der Waals surface area contributed by atoms with E-state index in [-0.39, 0.29) is 5.41 Å². The summed E-state index contributed by atoms with van der Waals surface area (Å²) in [5, 5.41) is 13.3. The molecule has 0 aromatic carbocycles. The first kappa shape index (κ1) is 16.7. The number of nitrogens with one attached hydrogen (secondary N) is 1. The molecule has 1 aromatic rings. The van der Waals surface area contributed by atoms with E-state index in [0.717, 1.165) is 16.2 Å². The van der Waals surface area contributed by atoms with E-state index in [0.29, 0.717) is 12.3 Å². The van der Waals surface area contributed by atoms with Crippen LogP contribution in [-0.2, 0) is 5.41 Å². The lowest BCUT2D eigenvalue weighted by Gasteiger charge is -2.23. The first-order valence-corrected chi connectivity index (χ1v) is 8.33. The summed E-state index contributed by atoms with van der Waals surface area (Å²) in [7, 11) is 0. The molecule has 1 aromatic heterocycles. The van der Waals surface area contributed by atoms with Crippen molar-refractivity contribution in [3.8, 4) is 0 Å². The minimum absolute atomic E-state index is 0.109. The van der Waals surface area contributed by atoms with Gasteiger partial charge in [0.2, 0.25) is 0 Å². The van der Waals surface area contributed by atoms with E-state index in [1.165, 1.54) is 0 Å². The second-order valence-corrected chi connectivity index (χ2v) is 7.61. The number of hydrogen-bond donors (Lipinski definition) is 2. The SMILES string of the molecule is CSCC(C)(O)CNc1cc(Br)nc(C(C)(C)C)n1. The summed E-state index contributed by atoms with van der Waals surface area (Å²) in [6.45, 7) is 8.49. The van der Waals surface area contributed by atoms with Gasteiger partial charge in [0, 0.05) is 23.8 Å². The Hall–Kier alpha value is -0.330. The minimum Gasteiger partial charge on any atom is -0.387 e. The Morgan fingerprint density at radius 2 is 1.95 bits per heavy atom. The Balaban J connectivity index is 2.82. The zero-order valence-corrected chi connectivity index (χ0v) is 14.5. The van der Waals surface area contributed by atoms with Crippen LogP contribution < -0.4 is 5.32 Å². The fourth-order valence-corrected chi connectivity index (χ4v) is 2.60. The van der Waals surface area contributed by atoms with E-state index in [4.69, 9.17) is 0 Å². The van der Waals surface area contributed by atoms with Crippen LogP contribution in [0.4, 0.5) is 5.82 Å². The molecule has 0 aliphatic heterocycles. The highest BCUT2D eigenvalue weighted by atomic mass is 79.9. The lowest BCUT2D eigenvalue weighted by molar-refractivity contribution is 0.0996. The average molecular weight is 348 g/mol. The number of thioether (sulfide) groups is 1. The molecule has 0 saturated carbocycles. The molecule has 0 aliphatic rings. The molecule has 1 atom stereocenters. The van der Waals surface area contributed by atoms with Crippen LogP contribution in [0.3, 0.4) is 0 Å². The van der Waals surface area contributed by atoms with Crippen molar-refractivity contribution in [2.45, 2.75) is 38.7 Å². The van der Waals surface area contributed by atoms with Gasteiger partial charge < -0.3 is 10.4 Å². The van der Waals surface area contributed by atoms with Crippen LogP contribution in [0.25, 0.3) is 0 Å². The van der Waals surface area contributed by atoms with Gasteiger partial charge >= 0.3 is 0 Å². The van der Waals surface area contributed by atoms with Gasteiger partial charge in [0.1, 0.15) is 16.2 Å². The summed E-state index contributed by atoms with van der Waals surface area (Å²) in [4.78, 5) is 8.88. The van der Waals surface area contributed by atoms with Crippen LogP contribution >= 0.6 is 27.7 Å².